The number of aliphatic hydroxyl groups is 1. The number of amides is 1. The number of rotatable bonds is 4. The zero-order valence-corrected chi connectivity index (χ0v) is 13.4. The van der Waals surface area contributed by atoms with Crippen molar-refractivity contribution in [2.45, 2.75) is 51.2 Å². The molecule has 1 fully saturated rings. The highest BCUT2D eigenvalue weighted by atomic mass is 16.3. The summed E-state index contributed by atoms with van der Waals surface area (Å²) in [6.07, 6.45) is 6.51. The summed E-state index contributed by atoms with van der Waals surface area (Å²) in [5.74, 6) is 1.44. The van der Waals surface area contributed by atoms with Crippen molar-refractivity contribution in [2.75, 3.05) is 6.54 Å². The van der Waals surface area contributed by atoms with Gasteiger partial charge < -0.3 is 19.4 Å². The molecule has 0 saturated carbocycles. The van der Waals surface area contributed by atoms with E-state index < -0.39 is 6.10 Å². The molecule has 124 valence electrons. The van der Waals surface area contributed by atoms with Gasteiger partial charge in [0, 0.05) is 13.0 Å². The van der Waals surface area contributed by atoms with Crippen LogP contribution in [0.1, 0.15) is 62.0 Å². The van der Waals surface area contributed by atoms with Gasteiger partial charge in [0.05, 0.1) is 24.3 Å². The average molecular weight is 317 g/mol. The smallest absolute Gasteiger partial charge is 0.258 e. The molecule has 1 aliphatic heterocycles. The van der Waals surface area contributed by atoms with Crippen LogP contribution in [0.4, 0.5) is 0 Å². The fraction of sp³-hybridized carbons (Fsp3) is 0.529. The standard InChI is InChI=1S/C17H23N3O3/c1-2-12-7-8-15(23-12)14-6-4-3-5-9-20(14)17(22)16(21)13-10-18-11-19-13/h7-8,10-11,14,16,21H,2-6,9H2,1H3,(H,18,19). The van der Waals surface area contributed by atoms with Gasteiger partial charge in [-0.15, -0.1) is 0 Å². The fourth-order valence-electron chi connectivity index (χ4n) is 3.14. The van der Waals surface area contributed by atoms with Gasteiger partial charge >= 0.3 is 0 Å². The van der Waals surface area contributed by atoms with Gasteiger partial charge in [0.15, 0.2) is 6.10 Å². The zero-order chi connectivity index (χ0) is 16.2. The predicted molar refractivity (Wildman–Crippen MR) is 84.6 cm³/mol. The van der Waals surface area contributed by atoms with E-state index in [1.807, 2.05) is 19.1 Å². The minimum atomic E-state index is -1.21. The summed E-state index contributed by atoms with van der Waals surface area (Å²) in [6.45, 7) is 2.68. The Kier molecular flexibility index (Phi) is 4.81. The molecule has 6 heteroatoms. The molecule has 2 unspecified atom stereocenters. The molecular formula is C17H23N3O3. The molecule has 0 radical (unpaired) electrons. The first kappa shape index (κ1) is 15.8. The van der Waals surface area contributed by atoms with E-state index in [1.54, 1.807) is 4.90 Å². The second-order valence-corrected chi connectivity index (χ2v) is 5.96. The second kappa shape index (κ2) is 7.00. The van der Waals surface area contributed by atoms with E-state index in [4.69, 9.17) is 4.42 Å². The topological polar surface area (TPSA) is 82.4 Å². The molecule has 0 aromatic carbocycles. The summed E-state index contributed by atoms with van der Waals surface area (Å²) in [4.78, 5) is 21.2. The molecule has 2 atom stereocenters. The monoisotopic (exact) mass is 317 g/mol. The maximum atomic E-state index is 12.8. The van der Waals surface area contributed by atoms with Crippen molar-refractivity contribution in [3.05, 3.63) is 41.9 Å². The van der Waals surface area contributed by atoms with Crippen LogP contribution in [-0.2, 0) is 11.2 Å². The van der Waals surface area contributed by atoms with Crippen molar-refractivity contribution in [3.8, 4) is 0 Å². The number of carbonyl (C=O) groups excluding carboxylic acids is 1. The third-order valence-electron chi connectivity index (χ3n) is 4.44. The zero-order valence-electron chi connectivity index (χ0n) is 13.4. The lowest BCUT2D eigenvalue weighted by atomic mass is 10.1. The van der Waals surface area contributed by atoms with Crippen molar-refractivity contribution < 1.29 is 14.3 Å². The number of carbonyl (C=O) groups is 1. The van der Waals surface area contributed by atoms with Crippen LogP contribution in [0.15, 0.2) is 29.1 Å². The molecule has 3 rings (SSSR count). The van der Waals surface area contributed by atoms with E-state index in [0.29, 0.717) is 12.2 Å². The molecule has 23 heavy (non-hydrogen) atoms. The first-order valence-corrected chi connectivity index (χ1v) is 8.26. The Balaban J connectivity index is 1.84. The highest BCUT2D eigenvalue weighted by Crippen LogP contribution is 2.33. The number of hydrogen-bond acceptors (Lipinski definition) is 4. The third kappa shape index (κ3) is 3.32. The molecule has 0 aliphatic carbocycles. The van der Waals surface area contributed by atoms with Crippen molar-refractivity contribution >= 4 is 5.91 Å². The van der Waals surface area contributed by atoms with Crippen LogP contribution >= 0.6 is 0 Å². The average Bonchev–Trinajstić information content (AvgIpc) is 3.21. The lowest BCUT2D eigenvalue weighted by Crippen LogP contribution is -2.38. The molecular weight excluding hydrogens is 294 g/mol. The molecule has 0 spiro atoms. The van der Waals surface area contributed by atoms with E-state index in [1.165, 1.54) is 12.5 Å². The molecule has 0 bridgehead atoms. The molecule has 2 N–H and O–H groups in total. The largest absolute Gasteiger partial charge is 0.464 e. The highest BCUT2D eigenvalue weighted by Gasteiger charge is 2.33. The van der Waals surface area contributed by atoms with E-state index in [0.717, 1.165) is 43.6 Å². The van der Waals surface area contributed by atoms with E-state index >= 15 is 0 Å². The molecule has 1 amide bonds. The van der Waals surface area contributed by atoms with E-state index in [2.05, 4.69) is 9.97 Å². The Morgan fingerprint density at radius 3 is 3.04 bits per heavy atom. The fourth-order valence-corrected chi connectivity index (χ4v) is 3.14. The van der Waals surface area contributed by atoms with Gasteiger partial charge in [-0.1, -0.05) is 19.8 Å². The Bertz CT molecular complexity index is 635. The van der Waals surface area contributed by atoms with E-state index in [-0.39, 0.29) is 11.9 Å². The quantitative estimate of drug-likeness (QED) is 0.908. The molecule has 2 aromatic rings. The Morgan fingerprint density at radius 1 is 1.48 bits per heavy atom. The van der Waals surface area contributed by atoms with Gasteiger partial charge in [-0.25, -0.2) is 4.98 Å². The Labute approximate surface area is 135 Å². The lowest BCUT2D eigenvalue weighted by molar-refractivity contribution is -0.143. The van der Waals surface area contributed by atoms with Crippen LogP contribution in [0, 0.1) is 0 Å². The molecule has 6 nitrogen and oxygen atoms in total. The number of imidazole rings is 1. The summed E-state index contributed by atoms with van der Waals surface area (Å²) < 4.78 is 5.88. The predicted octanol–water partition coefficient (Wildman–Crippen LogP) is 2.74. The van der Waals surface area contributed by atoms with Gasteiger partial charge in [0.1, 0.15) is 11.5 Å². The molecule has 1 saturated heterocycles. The van der Waals surface area contributed by atoms with Crippen LogP contribution in [-0.4, -0.2) is 32.4 Å². The molecule has 2 aromatic heterocycles. The summed E-state index contributed by atoms with van der Waals surface area (Å²) in [7, 11) is 0. The Hall–Kier alpha value is -2.08. The summed E-state index contributed by atoms with van der Waals surface area (Å²) in [5, 5.41) is 10.3. The number of aliphatic hydroxyl groups excluding tert-OH is 1. The van der Waals surface area contributed by atoms with Gasteiger partial charge in [0.25, 0.3) is 5.91 Å². The number of likely N-dealkylation sites (tertiary alicyclic amines) is 1. The van der Waals surface area contributed by atoms with Gasteiger partial charge in [-0.05, 0) is 25.0 Å². The number of furan rings is 1. The third-order valence-corrected chi connectivity index (χ3v) is 4.44. The first-order chi connectivity index (χ1) is 11.2. The number of H-pyrrole nitrogens is 1. The number of aromatic nitrogens is 2. The normalized spacial score (nSPS) is 20.3. The van der Waals surface area contributed by atoms with Crippen LogP contribution < -0.4 is 0 Å². The second-order valence-electron chi connectivity index (χ2n) is 5.96. The molecule has 1 aliphatic rings. The van der Waals surface area contributed by atoms with Gasteiger partial charge in [-0.2, -0.15) is 0 Å². The number of nitrogens with zero attached hydrogens (tertiary/aromatic N) is 2. The van der Waals surface area contributed by atoms with Crippen molar-refractivity contribution in [3.63, 3.8) is 0 Å². The summed E-state index contributed by atoms with van der Waals surface area (Å²) in [6, 6.07) is 3.81. The van der Waals surface area contributed by atoms with Crippen molar-refractivity contribution in [2.24, 2.45) is 0 Å². The maximum absolute atomic E-state index is 12.8. The first-order valence-electron chi connectivity index (χ1n) is 8.26. The molecule has 3 heterocycles. The Morgan fingerprint density at radius 2 is 2.35 bits per heavy atom. The maximum Gasteiger partial charge on any atom is 0.258 e. The van der Waals surface area contributed by atoms with Crippen LogP contribution in [0.5, 0.6) is 0 Å². The number of nitrogens with one attached hydrogen (secondary N) is 1. The van der Waals surface area contributed by atoms with Crippen LogP contribution in [0.2, 0.25) is 0 Å². The minimum Gasteiger partial charge on any atom is -0.464 e. The highest BCUT2D eigenvalue weighted by molar-refractivity contribution is 5.82. The van der Waals surface area contributed by atoms with Crippen molar-refractivity contribution in [1.29, 1.82) is 0 Å². The van der Waals surface area contributed by atoms with Crippen LogP contribution in [0.3, 0.4) is 0 Å². The summed E-state index contributed by atoms with van der Waals surface area (Å²) in [5.41, 5.74) is 0.423. The minimum absolute atomic E-state index is 0.108. The number of aryl methyl sites for hydroxylation is 1. The van der Waals surface area contributed by atoms with Crippen molar-refractivity contribution in [1.82, 2.24) is 14.9 Å². The number of aromatic amines is 1. The lowest BCUT2D eigenvalue weighted by Gasteiger charge is -2.30. The summed E-state index contributed by atoms with van der Waals surface area (Å²) >= 11 is 0. The SMILES string of the molecule is CCc1ccc(C2CCCCCN2C(=O)C(O)c2cnc[nH]2)o1. The van der Waals surface area contributed by atoms with Gasteiger partial charge in [-0.3, -0.25) is 4.79 Å². The van der Waals surface area contributed by atoms with Crippen LogP contribution in [0.25, 0.3) is 0 Å². The van der Waals surface area contributed by atoms with Gasteiger partial charge in [0.2, 0.25) is 0 Å². The van der Waals surface area contributed by atoms with E-state index in [9.17, 15) is 9.90 Å². The number of hydrogen-bond donors (Lipinski definition) is 2.